The summed E-state index contributed by atoms with van der Waals surface area (Å²) in [6.07, 6.45) is 6.89. The Balaban J connectivity index is 1.52. The third-order valence-electron chi connectivity index (χ3n) is 4.05. The minimum atomic E-state index is -3.22. The number of nitrogens with zero attached hydrogens (tertiary/aromatic N) is 1. The number of rotatable bonds is 6. The predicted molar refractivity (Wildman–Crippen MR) is 115 cm³/mol. The molecule has 2 aliphatic rings. The smallest absolute Gasteiger partial charge is 0.266 e. The lowest BCUT2D eigenvalue weighted by Crippen LogP contribution is -2.38. The molecule has 2 aliphatic heterocycles. The molecule has 3 rings (SSSR count). The molecule has 146 valence electrons. The van der Waals surface area contributed by atoms with Gasteiger partial charge in [-0.25, -0.2) is 8.42 Å². The van der Waals surface area contributed by atoms with Gasteiger partial charge < -0.3 is 5.32 Å². The highest BCUT2D eigenvalue weighted by molar-refractivity contribution is 8.26. The largest absolute Gasteiger partial charge is 0.349 e. The minimum absolute atomic E-state index is 0.0456. The lowest BCUT2D eigenvalue weighted by atomic mass is 10.2. The van der Waals surface area contributed by atoms with E-state index in [2.05, 4.69) is 5.32 Å². The van der Waals surface area contributed by atoms with Gasteiger partial charge in [0.05, 0.1) is 16.7 Å². The second-order valence-electron chi connectivity index (χ2n) is 6.21. The van der Waals surface area contributed by atoms with Crippen molar-refractivity contribution in [2.75, 3.05) is 12.3 Å². The summed E-state index contributed by atoms with van der Waals surface area (Å²) in [5, 5.41) is 3.74. The highest BCUT2D eigenvalue weighted by Gasteiger charge is 2.32. The van der Waals surface area contributed by atoms with Crippen LogP contribution in [-0.2, 0) is 19.4 Å². The molecular formula is C19H18N2O4S3. The van der Waals surface area contributed by atoms with Crippen molar-refractivity contribution >= 4 is 56.0 Å². The first kappa shape index (κ1) is 20.5. The molecule has 1 aromatic rings. The van der Waals surface area contributed by atoms with Crippen LogP contribution in [0.3, 0.4) is 0 Å². The van der Waals surface area contributed by atoms with Crippen molar-refractivity contribution in [3.63, 3.8) is 0 Å². The van der Waals surface area contributed by atoms with Gasteiger partial charge in [0.2, 0.25) is 5.91 Å². The Morgan fingerprint density at radius 1 is 1.32 bits per heavy atom. The maximum absolute atomic E-state index is 12.5. The number of benzene rings is 1. The van der Waals surface area contributed by atoms with E-state index in [4.69, 9.17) is 12.2 Å². The molecule has 6 nitrogen and oxygen atoms in total. The normalized spacial score (nSPS) is 22.5. The molecule has 1 aromatic carbocycles. The second kappa shape index (κ2) is 8.85. The van der Waals surface area contributed by atoms with Gasteiger partial charge in [-0.3, -0.25) is 14.5 Å². The Kier molecular flexibility index (Phi) is 6.48. The maximum atomic E-state index is 12.5. The summed E-state index contributed by atoms with van der Waals surface area (Å²) in [7, 11) is -3.22. The number of hydrogen-bond acceptors (Lipinski definition) is 6. The Labute approximate surface area is 173 Å². The van der Waals surface area contributed by atoms with Crippen molar-refractivity contribution in [1.29, 1.82) is 0 Å². The Bertz CT molecular complexity index is 982. The van der Waals surface area contributed by atoms with Crippen LogP contribution in [0.5, 0.6) is 0 Å². The molecule has 0 saturated carbocycles. The van der Waals surface area contributed by atoms with E-state index in [1.807, 2.05) is 36.4 Å². The summed E-state index contributed by atoms with van der Waals surface area (Å²) in [4.78, 5) is 26.4. The van der Waals surface area contributed by atoms with Crippen LogP contribution in [-0.4, -0.2) is 47.8 Å². The van der Waals surface area contributed by atoms with Gasteiger partial charge in [0.15, 0.2) is 9.84 Å². The van der Waals surface area contributed by atoms with Crippen molar-refractivity contribution in [3.8, 4) is 0 Å². The van der Waals surface area contributed by atoms with Crippen LogP contribution in [0.25, 0.3) is 6.08 Å². The molecule has 0 aliphatic carbocycles. The van der Waals surface area contributed by atoms with E-state index in [-0.39, 0.29) is 30.5 Å². The first-order valence-corrected chi connectivity index (χ1v) is 11.5. The number of carbonyl (C=O) groups excluding carboxylic acids is 2. The number of thioether (sulfide) groups is 1. The molecule has 1 fully saturated rings. The summed E-state index contributed by atoms with van der Waals surface area (Å²) in [6, 6.07) is 9.19. The minimum Gasteiger partial charge on any atom is -0.349 e. The summed E-state index contributed by atoms with van der Waals surface area (Å²) in [5.41, 5.74) is 1.02. The number of nitrogens with one attached hydrogen (secondary N) is 1. The van der Waals surface area contributed by atoms with E-state index in [9.17, 15) is 18.0 Å². The molecule has 28 heavy (non-hydrogen) atoms. The number of allylic oxidation sites excluding steroid dienone is 2. The van der Waals surface area contributed by atoms with Crippen molar-refractivity contribution in [2.45, 2.75) is 12.5 Å². The molecule has 1 N–H and O–H groups in total. The molecule has 0 bridgehead atoms. The molecule has 0 aromatic heterocycles. The van der Waals surface area contributed by atoms with Crippen molar-refractivity contribution < 1.29 is 18.0 Å². The lowest BCUT2D eigenvalue weighted by molar-refractivity contribution is -0.124. The summed E-state index contributed by atoms with van der Waals surface area (Å²) in [5.74, 6) is -0.686. The van der Waals surface area contributed by atoms with Crippen LogP contribution < -0.4 is 5.32 Å². The SMILES string of the molecule is O=C(CCN1C(=O)/C(=C/C=C/c2ccccc2)SC1=S)NC1C=CS(=O)(=O)C1. The van der Waals surface area contributed by atoms with Gasteiger partial charge in [0.1, 0.15) is 4.32 Å². The molecule has 0 spiro atoms. The standard InChI is InChI=1S/C19H18N2O4S3/c22-17(20-15-10-12-28(24,25)13-15)9-11-21-18(23)16(27-19(21)26)8-4-7-14-5-2-1-3-6-14/h1-8,10,12,15H,9,11,13H2,(H,20,22)/b7-4+,16-8-. The van der Waals surface area contributed by atoms with Crippen LogP contribution in [0.15, 0.2) is 58.9 Å². The number of amides is 2. The van der Waals surface area contributed by atoms with Gasteiger partial charge in [-0.1, -0.05) is 66.5 Å². The van der Waals surface area contributed by atoms with Crippen molar-refractivity contribution in [3.05, 3.63) is 64.4 Å². The number of thiocarbonyl (C=S) groups is 1. The average molecular weight is 435 g/mol. The first-order valence-electron chi connectivity index (χ1n) is 8.51. The molecule has 1 saturated heterocycles. The van der Waals surface area contributed by atoms with Crippen LogP contribution in [0.2, 0.25) is 0 Å². The number of hydrogen-bond donors (Lipinski definition) is 1. The van der Waals surface area contributed by atoms with Gasteiger partial charge in [-0.05, 0) is 17.7 Å². The third-order valence-corrected chi connectivity index (χ3v) is 6.84. The fraction of sp³-hybridized carbons (Fsp3) is 0.211. The zero-order chi connectivity index (χ0) is 20.1. The van der Waals surface area contributed by atoms with Crippen molar-refractivity contribution in [2.24, 2.45) is 0 Å². The van der Waals surface area contributed by atoms with E-state index in [1.165, 1.54) is 22.7 Å². The van der Waals surface area contributed by atoms with E-state index < -0.39 is 15.9 Å². The van der Waals surface area contributed by atoms with Gasteiger partial charge in [-0.2, -0.15) is 0 Å². The molecule has 1 atom stereocenters. The zero-order valence-corrected chi connectivity index (χ0v) is 17.2. The first-order chi connectivity index (χ1) is 13.3. The molecular weight excluding hydrogens is 416 g/mol. The van der Waals surface area contributed by atoms with Crippen LogP contribution in [0.4, 0.5) is 0 Å². The highest BCUT2D eigenvalue weighted by atomic mass is 32.2. The molecule has 9 heteroatoms. The summed E-state index contributed by atoms with van der Waals surface area (Å²) >= 11 is 6.44. The van der Waals surface area contributed by atoms with Gasteiger partial charge in [0.25, 0.3) is 5.91 Å². The Hall–Kier alpha value is -2.23. The van der Waals surface area contributed by atoms with Crippen molar-refractivity contribution in [1.82, 2.24) is 10.2 Å². The fourth-order valence-corrected chi connectivity index (χ4v) is 5.17. The van der Waals surface area contributed by atoms with E-state index in [1.54, 1.807) is 12.2 Å². The lowest BCUT2D eigenvalue weighted by Gasteiger charge is -2.15. The van der Waals surface area contributed by atoms with E-state index in [0.29, 0.717) is 9.23 Å². The van der Waals surface area contributed by atoms with E-state index in [0.717, 1.165) is 11.0 Å². The Morgan fingerprint density at radius 3 is 2.75 bits per heavy atom. The maximum Gasteiger partial charge on any atom is 0.266 e. The molecule has 2 amide bonds. The topological polar surface area (TPSA) is 83.6 Å². The quantitative estimate of drug-likeness (QED) is 0.546. The second-order valence-corrected chi connectivity index (χ2v) is 9.81. The summed E-state index contributed by atoms with van der Waals surface area (Å²) in [6.45, 7) is 0.152. The molecule has 2 heterocycles. The number of sulfone groups is 1. The predicted octanol–water partition coefficient (Wildman–Crippen LogP) is 2.26. The Morgan fingerprint density at radius 2 is 2.07 bits per heavy atom. The average Bonchev–Trinajstić information content (AvgIpc) is 3.12. The van der Waals surface area contributed by atoms with Gasteiger partial charge >= 0.3 is 0 Å². The molecule has 1 unspecified atom stereocenters. The monoisotopic (exact) mass is 434 g/mol. The number of carbonyl (C=O) groups is 2. The van der Waals surface area contributed by atoms with Crippen LogP contribution in [0, 0.1) is 0 Å². The molecule has 0 radical (unpaired) electrons. The van der Waals surface area contributed by atoms with E-state index >= 15 is 0 Å². The summed E-state index contributed by atoms with van der Waals surface area (Å²) < 4.78 is 23.1. The highest BCUT2D eigenvalue weighted by Crippen LogP contribution is 2.31. The van der Waals surface area contributed by atoms with Crippen LogP contribution in [0.1, 0.15) is 12.0 Å². The third kappa shape index (κ3) is 5.40. The van der Waals surface area contributed by atoms with Crippen LogP contribution >= 0.6 is 24.0 Å². The zero-order valence-electron chi connectivity index (χ0n) is 14.8. The fourth-order valence-electron chi connectivity index (χ4n) is 2.68. The van der Waals surface area contributed by atoms with Gasteiger partial charge in [-0.15, -0.1) is 0 Å². The van der Waals surface area contributed by atoms with Gasteiger partial charge in [0, 0.05) is 18.4 Å².